The molecule has 1 unspecified atom stereocenters. The summed E-state index contributed by atoms with van der Waals surface area (Å²) in [5.74, 6) is 1.83. The number of H-pyrrole nitrogens is 1. The zero-order chi connectivity index (χ0) is 20.5. The monoisotopic (exact) mass is 402 g/mol. The van der Waals surface area contributed by atoms with Gasteiger partial charge in [-0.3, -0.25) is 4.79 Å². The second-order valence-electron chi connectivity index (χ2n) is 7.53. The standard InChI is InChI=1S/C23H22N4O3/c1-15(6-5-9-16-7-3-2-4-8-16)27-13-24-20-22(27)25-21(26-23(20)28)17-10-11-18-19(12-17)30-14-29-18/h2-4,7-8,10-13,15H,5-6,9,14H2,1H3,(H,25,26,28). The van der Waals surface area contributed by atoms with Gasteiger partial charge in [0, 0.05) is 11.6 Å². The summed E-state index contributed by atoms with van der Waals surface area (Å²) in [4.78, 5) is 24.5. The van der Waals surface area contributed by atoms with Crippen LogP contribution in [0.25, 0.3) is 22.6 Å². The lowest BCUT2D eigenvalue weighted by molar-refractivity contribution is 0.174. The fourth-order valence-corrected chi connectivity index (χ4v) is 3.81. The van der Waals surface area contributed by atoms with Gasteiger partial charge in [0.05, 0.1) is 6.33 Å². The van der Waals surface area contributed by atoms with E-state index in [2.05, 4.69) is 41.2 Å². The van der Waals surface area contributed by atoms with Gasteiger partial charge < -0.3 is 19.0 Å². The lowest BCUT2D eigenvalue weighted by Crippen LogP contribution is -2.12. The highest BCUT2D eigenvalue weighted by atomic mass is 16.7. The lowest BCUT2D eigenvalue weighted by Gasteiger charge is -2.14. The van der Waals surface area contributed by atoms with Crippen molar-refractivity contribution in [3.63, 3.8) is 0 Å². The lowest BCUT2D eigenvalue weighted by atomic mass is 10.1. The van der Waals surface area contributed by atoms with E-state index in [4.69, 9.17) is 14.5 Å². The van der Waals surface area contributed by atoms with Gasteiger partial charge in [0.2, 0.25) is 6.79 Å². The number of nitrogens with zero attached hydrogens (tertiary/aromatic N) is 3. The van der Waals surface area contributed by atoms with Gasteiger partial charge in [-0.1, -0.05) is 30.3 Å². The third-order valence-corrected chi connectivity index (χ3v) is 5.48. The van der Waals surface area contributed by atoms with Crippen LogP contribution >= 0.6 is 0 Å². The summed E-state index contributed by atoms with van der Waals surface area (Å²) in [6.45, 7) is 2.34. The van der Waals surface area contributed by atoms with Crippen molar-refractivity contribution in [1.29, 1.82) is 0 Å². The van der Waals surface area contributed by atoms with Crippen LogP contribution in [-0.2, 0) is 6.42 Å². The van der Waals surface area contributed by atoms with Crippen molar-refractivity contribution >= 4 is 11.2 Å². The summed E-state index contributed by atoms with van der Waals surface area (Å²) in [7, 11) is 0. The van der Waals surface area contributed by atoms with Crippen molar-refractivity contribution in [1.82, 2.24) is 19.5 Å². The SMILES string of the molecule is CC(CCCc1ccccc1)n1cnc2c(=O)[nH]c(-c3ccc4c(c3)OCO4)nc21. The number of imidazole rings is 1. The first kappa shape index (κ1) is 18.4. The number of benzene rings is 2. The number of aromatic amines is 1. The van der Waals surface area contributed by atoms with Crippen LogP contribution in [-0.4, -0.2) is 26.3 Å². The average Bonchev–Trinajstić information content (AvgIpc) is 3.41. The van der Waals surface area contributed by atoms with E-state index in [-0.39, 0.29) is 18.4 Å². The van der Waals surface area contributed by atoms with Gasteiger partial charge in [-0.15, -0.1) is 0 Å². The van der Waals surface area contributed by atoms with Crippen LogP contribution in [0.2, 0.25) is 0 Å². The van der Waals surface area contributed by atoms with Gasteiger partial charge in [0.15, 0.2) is 22.7 Å². The molecule has 30 heavy (non-hydrogen) atoms. The Morgan fingerprint density at radius 2 is 1.97 bits per heavy atom. The quantitative estimate of drug-likeness (QED) is 0.525. The number of nitrogens with one attached hydrogen (secondary N) is 1. The van der Waals surface area contributed by atoms with Crippen molar-refractivity contribution in [2.45, 2.75) is 32.2 Å². The Morgan fingerprint density at radius 1 is 1.13 bits per heavy atom. The summed E-state index contributed by atoms with van der Waals surface area (Å²) in [6, 6.07) is 16.2. The summed E-state index contributed by atoms with van der Waals surface area (Å²) in [5.41, 5.74) is 2.80. The van der Waals surface area contributed by atoms with E-state index in [1.165, 1.54) is 5.56 Å². The molecule has 4 aromatic rings. The van der Waals surface area contributed by atoms with E-state index < -0.39 is 0 Å². The Balaban J connectivity index is 1.41. The van der Waals surface area contributed by atoms with Gasteiger partial charge in [-0.2, -0.15) is 0 Å². The van der Waals surface area contributed by atoms with Crippen LogP contribution in [0.1, 0.15) is 31.4 Å². The van der Waals surface area contributed by atoms with Crippen LogP contribution in [0.4, 0.5) is 0 Å². The zero-order valence-corrected chi connectivity index (χ0v) is 16.7. The first-order chi connectivity index (χ1) is 14.7. The van der Waals surface area contributed by atoms with Gasteiger partial charge >= 0.3 is 0 Å². The number of hydrogen-bond acceptors (Lipinski definition) is 5. The number of ether oxygens (including phenoxy) is 2. The maximum atomic E-state index is 12.6. The molecule has 7 heteroatoms. The van der Waals surface area contributed by atoms with E-state index in [0.717, 1.165) is 24.8 Å². The van der Waals surface area contributed by atoms with Crippen LogP contribution in [0.5, 0.6) is 11.5 Å². The molecule has 3 heterocycles. The maximum absolute atomic E-state index is 12.6. The minimum Gasteiger partial charge on any atom is -0.454 e. The summed E-state index contributed by atoms with van der Waals surface area (Å²) >= 11 is 0. The van der Waals surface area contributed by atoms with E-state index in [1.807, 2.05) is 28.8 Å². The molecule has 1 aliphatic heterocycles. The molecule has 1 aliphatic rings. The normalized spacial score (nSPS) is 13.6. The third kappa shape index (κ3) is 3.43. The van der Waals surface area contributed by atoms with Crippen molar-refractivity contribution in [2.24, 2.45) is 0 Å². The highest BCUT2D eigenvalue weighted by Gasteiger charge is 2.18. The summed E-state index contributed by atoms with van der Waals surface area (Å²) in [5, 5.41) is 0. The fraction of sp³-hybridized carbons (Fsp3) is 0.261. The zero-order valence-electron chi connectivity index (χ0n) is 16.7. The molecular formula is C23H22N4O3. The smallest absolute Gasteiger partial charge is 0.279 e. The van der Waals surface area contributed by atoms with E-state index in [0.29, 0.717) is 28.5 Å². The molecule has 0 fully saturated rings. The molecule has 1 N–H and O–H groups in total. The molecule has 152 valence electrons. The Bertz CT molecular complexity index is 1250. The molecule has 2 aromatic heterocycles. The Hall–Kier alpha value is -3.61. The van der Waals surface area contributed by atoms with Crippen LogP contribution in [0, 0.1) is 0 Å². The highest BCUT2D eigenvalue weighted by Crippen LogP contribution is 2.35. The van der Waals surface area contributed by atoms with Crippen LogP contribution in [0.15, 0.2) is 59.7 Å². The van der Waals surface area contributed by atoms with Crippen LogP contribution < -0.4 is 15.0 Å². The van der Waals surface area contributed by atoms with Crippen molar-refractivity contribution < 1.29 is 9.47 Å². The molecule has 0 radical (unpaired) electrons. The number of fused-ring (bicyclic) bond motifs is 2. The largest absolute Gasteiger partial charge is 0.454 e. The van der Waals surface area contributed by atoms with Crippen molar-refractivity contribution in [2.75, 3.05) is 6.79 Å². The van der Waals surface area contributed by atoms with Crippen molar-refractivity contribution in [3.05, 3.63) is 70.8 Å². The number of aromatic nitrogens is 4. The topological polar surface area (TPSA) is 82.0 Å². The average molecular weight is 402 g/mol. The molecule has 0 saturated heterocycles. The third-order valence-electron chi connectivity index (χ3n) is 5.48. The van der Waals surface area contributed by atoms with Gasteiger partial charge in [0.25, 0.3) is 5.56 Å². The number of hydrogen-bond donors (Lipinski definition) is 1. The molecule has 0 aliphatic carbocycles. The van der Waals surface area contributed by atoms with Crippen molar-refractivity contribution in [3.8, 4) is 22.9 Å². The predicted molar refractivity (Wildman–Crippen MR) is 114 cm³/mol. The second-order valence-corrected chi connectivity index (χ2v) is 7.53. The van der Waals surface area contributed by atoms with E-state index >= 15 is 0 Å². The summed E-state index contributed by atoms with van der Waals surface area (Å²) < 4.78 is 12.8. The molecule has 0 spiro atoms. The molecule has 0 bridgehead atoms. The molecule has 5 rings (SSSR count). The van der Waals surface area contributed by atoms with Gasteiger partial charge in [-0.05, 0) is 49.9 Å². The summed E-state index contributed by atoms with van der Waals surface area (Å²) in [6.07, 6.45) is 4.75. The molecule has 0 amide bonds. The Kier molecular flexibility index (Phi) is 4.71. The minimum atomic E-state index is -0.247. The van der Waals surface area contributed by atoms with Crippen LogP contribution in [0.3, 0.4) is 0 Å². The van der Waals surface area contributed by atoms with Gasteiger partial charge in [0.1, 0.15) is 5.82 Å². The molecule has 1 atom stereocenters. The molecule has 0 saturated carbocycles. The molecular weight excluding hydrogens is 380 g/mol. The minimum absolute atomic E-state index is 0.178. The second kappa shape index (κ2) is 7.67. The first-order valence-corrected chi connectivity index (χ1v) is 10.1. The Morgan fingerprint density at radius 3 is 2.83 bits per heavy atom. The first-order valence-electron chi connectivity index (χ1n) is 10.1. The molecule has 2 aromatic carbocycles. The fourth-order valence-electron chi connectivity index (χ4n) is 3.81. The maximum Gasteiger partial charge on any atom is 0.279 e. The Labute approximate surface area is 173 Å². The van der Waals surface area contributed by atoms with E-state index in [9.17, 15) is 4.79 Å². The highest BCUT2D eigenvalue weighted by molar-refractivity contribution is 5.73. The number of aryl methyl sites for hydroxylation is 1. The predicted octanol–water partition coefficient (Wildman–Crippen LogP) is 4.10. The van der Waals surface area contributed by atoms with Gasteiger partial charge in [-0.25, -0.2) is 9.97 Å². The van der Waals surface area contributed by atoms with E-state index in [1.54, 1.807) is 6.33 Å². The molecule has 7 nitrogen and oxygen atoms in total. The number of rotatable bonds is 6.